The number of pyridine rings is 1. The summed E-state index contributed by atoms with van der Waals surface area (Å²) in [6.45, 7) is 0.587. The first-order chi connectivity index (χ1) is 15.5. The Hall–Kier alpha value is -3.88. The number of aromatic nitrogens is 2. The number of imide groups is 1. The summed E-state index contributed by atoms with van der Waals surface area (Å²) in [5.41, 5.74) is 2.72. The van der Waals surface area contributed by atoms with Crippen LogP contribution in [-0.4, -0.2) is 52.4 Å². The molecule has 0 spiro atoms. The number of nitrogens with zero attached hydrogens (tertiary/aromatic N) is 2. The van der Waals surface area contributed by atoms with Crippen molar-refractivity contribution in [2.75, 3.05) is 13.7 Å². The van der Waals surface area contributed by atoms with E-state index in [1.165, 1.54) is 4.90 Å². The molecule has 1 fully saturated rings. The second-order valence-electron chi connectivity index (χ2n) is 7.60. The zero-order valence-corrected chi connectivity index (χ0v) is 17.8. The van der Waals surface area contributed by atoms with Crippen molar-refractivity contribution in [3.05, 3.63) is 60.0 Å². The largest absolute Gasteiger partial charge is 0.497 e. The van der Waals surface area contributed by atoms with Crippen LogP contribution >= 0.6 is 0 Å². The van der Waals surface area contributed by atoms with Crippen LogP contribution in [0, 0.1) is 0 Å². The molecule has 1 unspecified atom stereocenters. The van der Waals surface area contributed by atoms with Crippen LogP contribution in [0.1, 0.15) is 24.1 Å². The topological polar surface area (TPSA) is 116 Å². The van der Waals surface area contributed by atoms with Gasteiger partial charge in [-0.2, -0.15) is 0 Å². The Kier molecular flexibility index (Phi) is 6.34. The molecule has 4 rings (SSSR count). The van der Waals surface area contributed by atoms with E-state index in [0.717, 1.165) is 27.9 Å². The van der Waals surface area contributed by atoms with Gasteiger partial charge in [0, 0.05) is 36.3 Å². The number of rotatable bonds is 9. The molecular weight excluding hydrogens is 410 g/mol. The molecule has 0 radical (unpaired) electrons. The van der Waals surface area contributed by atoms with E-state index in [1.807, 2.05) is 36.5 Å². The average molecular weight is 435 g/mol. The number of aromatic amines is 1. The molecule has 1 saturated heterocycles. The quantitative estimate of drug-likeness (QED) is 0.445. The highest BCUT2D eigenvalue weighted by Crippen LogP contribution is 2.24. The van der Waals surface area contributed by atoms with Gasteiger partial charge in [0.2, 0.25) is 5.91 Å². The van der Waals surface area contributed by atoms with Gasteiger partial charge in [0.1, 0.15) is 11.8 Å². The minimum atomic E-state index is -0.689. The fraction of sp³-hybridized carbons (Fsp3) is 0.304. The van der Waals surface area contributed by atoms with Crippen molar-refractivity contribution < 1.29 is 19.1 Å². The molecule has 4 amide bonds. The van der Waals surface area contributed by atoms with Crippen LogP contribution in [-0.2, 0) is 22.6 Å². The third-order valence-corrected chi connectivity index (χ3v) is 5.54. The monoisotopic (exact) mass is 435 g/mol. The van der Waals surface area contributed by atoms with Crippen molar-refractivity contribution in [3.8, 4) is 5.75 Å². The fourth-order valence-corrected chi connectivity index (χ4v) is 3.76. The number of benzene rings is 1. The maximum atomic E-state index is 12.7. The summed E-state index contributed by atoms with van der Waals surface area (Å²) in [5, 5.41) is 6.46. The van der Waals surface area contributed by atoms with E-state index in [-0.39, 0.29) is 31.2 Å². The number of H-pyrrole nitrogens is 1. The van der Waals surface area contributed by atoms with Crippen molar-refractivity contribution in [3.63, 3.8) is 0 Å². The molecule has 0 bridgehead atoms. The molecule has 1 aliphatic rings. The van der Waals surface area contributed by atoms with E-state index in [0.29, 0.717) is 13.0 Å². The van der Waals surface area contributed by atoms with Crippen molar-refractivity contribution >= 4 is 28.7 Å². The zero-order valence-electron chi connectivity index (χ0n) is 17.8. The number of hydrogen-bond acceptors (Lipinski definition) is 5. The van der Waals surface area contributed by atoms with Crippen molar-refractivity contribution in [2.45, 2.75) is 31.8 Å². The fourth-order valence-electron chi connectivity index (χ4n) is 3.76. The predicted molar refractivity (Wildman–Crippen MR) is 118 cm³/mol. The summed E-state index contributed by atoms with van der Waals surface area (Å²) >= 11 is 0. The highest BCUT2D eigenvalue weighted by molar-refractivity contribution is 6.04. The second kappa shape index (κ2) is 9.51. The summed E-state index contributed by atoms with van der Waals surface area (Å²) in [5.74, 6) is 0.253. The maximum absolute atomic E-state index is 12.7. The van der Waals surface area contributed by atoms with Crippen molar-refractivity contribution in [1.82, 2.24) is 25.5 Å². The molecule has 1 aromatic carbocycles. The Morgan fingerprint density at radius 2 is 2.12 bits per heavy atom. The summed E-state index contributed by atoms with van der Waals surface area (Å²) in [6, 6.07) is 10.1. The van der Waals surface area contributed by atoms with Crippen LogP contribution in [0.3, 0.4) is 0 Å². The van der Waals surface area contributed by atoms with E-state index >= 15 is 0 Å². The summed E-state index contributed by atoms with van der Waals surface area (Å²) in [4.78, 5) is 45.7. The average Bonchev–Trinajstić information content (AvgIpc) is 3.34. The van der Waals surface area contributed by atoms with Gasteiger partial charge in [-0.05, 0) is 48.7 Å². The first-order valence-electron chi connectivity index (χ1n) is 10.5. The molecule has 3 heterocycles. The molecule has 9 heteroatoms. The number of carbonyl (C=O) groups excluding carboxylic acids is 3. The zero-order chi connectivity index (χ0) is 22.5. The van der Waals surface area contributed by atoms with Crippen LogP contribution in [0.25, 0.3) is 10.9 Å². The van der Waals surface area contributed by atoms with Crippen molar-refractivity contribution in [2.24, 2.45) is 0 Å². The number of ether oxygens (including phenoxy) is 1. The highest BCUT2D eigenvalue weighted by atomic mass is 16.5. The van der Waals surface area contributed by atoms with Gasteiger partial charge in [-0.15, -0.1) is 0 Å². The molecule has 9 nitrogen and oxygen atoms in total. The van der Waals surface area contributed by atoms with Gasteiger partial charge < -0.3 is 20.4 Å². The molecule has 2 aromatic heterocycles. The smallest absolute Gasteiger partial charge is 0.324 e. The van der Waals surface area contributed by atoms with E-state index in [4.69, 9.17) is 4.74 Å². The van der Waals surface area contributed by atoms with E-state index in [9.17, 15) is 14.4 Å². The Morgan fingerprint density at radius 3 is 2.91 bits per heavy atom. The van der Waals surface area contributed by atoms with Gasteiger partial charge in [0.25, 0.3) is 5.91 Å². The number of carbonyl (C=O) groups is 3. The van der Waals surface area contributed by atoms with Crippen LogP contribution in [0.2, 0.25) is 0 Å². The number of urea groups is 1. The lowest BCUT2D eigenvalue weighted by Gasteiger charge is -2.13. The Labute approximate surface area is 185 Å². The number of methoxy groups -OCH3 is 1. The number of hydrogen-bond donors (Lipinski definition) is 3. The van der Waals surface area contributed by atoms with Crippen LogP contribution in [0.4, 0.5) is 4.79 Å². The molecule has 0 saturated carbocycles. The van der Waals surface area contributed by atoms with Gasteiger partial charge >= 0.3 is 6.03 Å². The molecule has 3 aromatic rings. The Morgan fingerprint density at radius 1 is 1.25 bits per heavy atom. The molecule has 166 valence electrons. The third-order valence-electron chi connectivity index (χ3n) is 5.54. The summed E-state index contributed by atoms with van der Waals surface area (Å²) in [7, 11) is 1.61. The minimum Gasteiger partial charge on any atom is -0.497 e. The van der Waals surface area contributed by atoms with E-state index < -0.39 is 12.1 Å². The predicted octanol–water partition coefficient (Wildman–Crippen LogP) is 2.13. The standard InChI is InChI=1S/C23H25N5O4/c1-32-17-5-6-19-18(12-17)15(13-25-19)9-11-28-22(30)20(27-23(28)31)7-8-21(29)26-14-16-4-2-3-10-24-16/h2-6,10,12-13,20,25H,7-9,11,14H2,1H3,(H,26,29)(H,27,31). The molecule has 3 N–H and O–H groups in total. The lowest BCUT2D eigenvalue weighted by atomic mass is 10.1. The summed E-state index contributed by atoms with van der Waals surface area (Å²) < 4.78 is 5.28. The van der Waals surface area contributed by atoms with E-state index in [2.05, 4.69) is 20.6 Å². The van der Waals surface area contributed by atoms with Crippen LogP contribution in [0.15, 0.2) is 48.8 Å². The maximum Gasteiger partial charge on any atom is 0.324 e. The highest BCUT2D eigenvalue weighted by Gasteiger charge is 2.37. The number of nitrogens with one attached hydrogen (secondary N) is 3. The molecule has 1 atom stereocenters. The SMILES string of the molecule is COc1ccc2[nH]cc(CCN3C(=O)NC(CCC(=O)NCc4ccccn4)C3=O)c2c1. The normalized spacial score (nSPS) is 15.8. The van der Waals surface area contributed by atoms with Crippen LogP contribution < -0.4 is 15.4 Å². The number of amides is 4. The lowest BCUT2D eigenvalue weighted by Crippen LogP contribution is -2.34. The van der Waals surface area contributed by atoms with Gasteiger partial charge in [-0.3, -0.25) is 19.5 Å². The lowest BCUT2D eigenvalue weighted by molar-refractivity contribution is -0.127. The van der Waals surface area contributed by atoms with E-state index in [1.54, 1.807) is 19.4 Å². The first-order valence-corrected chi connectivity index (χ1v) is 10.5. The second-order valence-corrected chi connectivity index (χ2v) is 7.60. The summed E-state index contributed by atoms with van der Waals surface area (Å²) in [6.07, 6.45) is 4.45. The van der Waals surface area contributed by atoms with Gasteiger partial charge in [-0.1, -0.05) is 6.07 Å². The van der Waals surface area contributed by atoms with Gasteiger partial charge in [-0.25, -0.2) is 4.79 Å². The molecular formula is C23H25N5O4. The van der Waals surface area contributed by atoms with Gasteiger partial charge in [0.05, 0.1) is 19.3 Å². The van der Waals surface area contributed by atoms with Crippen molar-refractivity contribution in [1.29, 1.82) is 0 Å². The number of fused-ring (bicyclic) bond motifs is 1. The van der Waals surface area contributed by atoms with Gasteiger partial charge in [0.15, 0.2) is 0 Å². The Balaban J connectivity index is 1.29. The third kappa shape index (κ3) is 4.72. The van der Waals surface area contributed by atoms with Crippen LogP contribution in [0.5, 0.6) is 5.75 Å². The Bertz CT molecular complexity index is 1130. The molecule has 32 heavy (non-hydrogen) atoms. The minimum absolute atomic E-state index is 0.138. The molecule has 1 aliphatic heterocycles. The first kappa shape index (κ1) is 21.4. The molecule has 0 aliphatic carbocycles.